The molecule has 2 aromatic carbocycles. The van der Waals surface area contributed by atoms with Crippen LogP contribution < -0.4 is 16.0 Å². The van der Waals surface area contributed by atoms with E-state index >= 15 is 0 Å². The molecule has 1 amide bonds. The van der Waals surface area contributed by atoms with Crippen LogP contribution in [0.15, 0.2) is 48.5 Å². The van der Waals surface area contributed by atoms with Crippen molar-refractivity contribution in [3.63, 3.8) is 0 Å². The Kier molecular flexibility index (Phi) is 4.46. The highest BCUT2D eigenvalue weighted by Crippen LogP contribution is 2.25. The molecule has 1 heterocycles. The second-order valence-electron chi connectivity index (χ2n) is 5.85. The molecule has 1 saturated heterocycles. The van der Waals surface area contributed by atoms with Crippen LogP contribution in [-0.4, -0.2) is 19.0 Å². The van der Waals surface area contributed by atoms with Crippen molar-refractivity contribution in [1.82, 2.24) is 0 Å². The highest BCUT2D eigenvalue weighted by atomic mass is 19.1. The Bertz CT molecular complexity index is 662. The van der Waals surface area contributed by atoms with Gasteiger partial charge >= 0.3 is 0 Å². The maximum Gasteiger partial charge on any atom is 0.227 e. The molecule has 3 rings (SSSR count). The Morgan fingerprint density at radius 3 is 2.26 bits per heavy atom. The molecule has 1 aliphatic heterocycles. The molecule has 0 atom stereocenters. The Hall–Kier alpha value is -2.56. The molecule has 4 nitrogen and oxygen atoms in total. The third-order valence-corrected chi connectivity index (χ3v) is 4.24. The molecule has 3 N–H and O–H groups in total. The number of carbonyl (C=O) groups excluding carboxylic acids is 1. The standard InChI is InChI=1S/C18H20FN3O/c19-14-1-5-16(6-2-14)21-18(23)13-9-11-22(12-10-13)17-7-3-15(20)4-8-17/h1-8,13H,9-12,20H2,(H,21,23). The van der Waals surface area contributed by atoms with E-state index in [4.69, 9.17) is 5.73 Å². The topological polar surface area (TPSA) is 58.4 Å². The van der Waals surface area contributed by atoms with Crippen molar-refractivity contribution in [3.8, 4) is 0 Å². The molecule has 0 bridgehead atoms. The number of benzene rings is 2. The van der Waals surface area contributed by atoms with E-state index in [2.05, 4.69) is 10.2 Å². The van der Waals surface area contributed by atoms with Gasteiger partial charge in [0.2, 0.25) is 5.91 Å². The lowest BCUT2D eigenvalue weighted by molar-refractivity contribution is -0.120. The van der Waals surface area contributed by atoms with E-state index in [1.54, 1.807) is 12.1 Å². The van der Waals surface area contributed by atoms with Crippen molar-refractivity contribution in [3.05, 3.63) is 54.3 Å². The van der Waals surface area contributed by atoms with Crippen LogP contribution in [0.25, 0.3) is 0 Å². The van der Waals surface area contributed by atoms with E-state index in [0.29, 0.717) is 5.69 Å². The number of nitrogen functional groups attached to an aromatic ring is 1. The van der Waals surface area contributed by atoms with Gasteiger partial charge in [-0.1, -0.05) is 0 Å². The van der Waals surface area contributed by atoms with Gasteiger partial charge in [-0.25, -0.2) is 4.39 Å². The number of carbonyl (C=O) groups is 1. The first kappa shape index (κ1) is 15.3. The predicted octanol–water partition coefficient (Wildman–Crippen LogP) is 3.26. The van der Waals surface area contributed by atoms with E-state index < -0.39 is 0 Å². The molecular weight excluding hydrogens is 293 g/mol. The second kappa shape index (κ2) is 6.69. The predicted molar refractivity (Wildman–Crippen MR) is 90.8 cm³/mol. The maximum atomic E-state index is 12.9. The number of amides is 1. The van der Waals surface area contributed by atoms with Crippen molar-refractivity contribution in [1.29, 1.82) is 0 Å². The number of piperidine rings is 1. The molecule has 0 saturated carbocycles. The summed E-state index contributed by atoms with van der Waals surface area (Å²) in [6, 6.07) is 13.7. The number of nitrogens with zero attached hydrogens (tertiary/aromatic N) is 1. The average Bonchev–Trinajstić information content (AvgIpc) is 2.58. The number of hydrogen-bond acceptors (Lipinski definition) is 3. The molecule has 0 radical (unpaired) electrons. The summed E-state index contributed by atoms with van der Waals surface area (Å²) in [4.78, 5) is 14.6. The largest absolute Gasteiger partial charge is 0.399 e. The van der Waals surface area contributed by atoms with E-state index in [9.17, 15) is 9.18 Å². The minimum atomic E-state index is -0.306. The summed E-state index contributed by atoms with van der Waals surface area (Å²) in [5.41, 5.74) is 8.23. The molecule has 1 aliphatic rings. The number of anilines is 3. The van der Waals surface area contributed by atoms with Gasteiger partial charge in [-0.05, 0) is 61.4 Å². The Morgan fingerprint density at radius 2 is 1.65 bits per heavy atom. The first-order chi connectivity index (χ1) is 11.1. The monoisotopic (exact) mass is 313 g/mol. The van der Waals surface area contributed by atoms with Gasteiger partial charge in [-0.3, -0.25) is 4.79 Å². The Morgan fingerprint density at radius 1 is 1.04 bits per heavy atom. The number of nitrogens with two attached hydrogens (primary N) is 1. The second-order valence-corrected chi connectivity index (χ2v) is 5.85. The Balaban J connectivity index is 1.54. The summed E-state index contributed by atoms with van der Waals surface area (Å²) in [5, 5.41) is 2.86. The normalized spacial score (nSPS) is 15.4. The lowest BCUT2D eigenvalue weighted by Crippen LogP contribution is -2.38. The number of nitrogens with one attached hydrogen (secondary N) is 1. The van der Waals surface area contributed by atoms with Gasteiger partial charge in [0.25, 0.3) is 0 Å². The summed E-state index contributed by atoms with van der Waals surface area (Å²) >= 11 is 0. The van der Waals surface area contributed by atoms with Crippen molar-refractivity contribution in [2.45, 2.75) is 12.8 Å². The van der Waals surface area contributed by atoms with Crippen LogP contribution in [0.5, 0.6) is 0 Å². The molecule has 0 aliphatic carbocycles. The molecule has 5 heteroatoms. The SMILES string of the molecule is Nc1ccc(N2CCC(C(=O)Nc3ccc(F)cc3)CC2)cc1. The zero-order valence-corrected chi connectivity index (χ0v) is 12.8. The van der Waals surface area contributed by atoms with Crippen molar-refractivity contribution in [2.75, 3.05) is 29.0 Å². The Labute approximate surface area is 135 Å². The third-order valence-electron chi connectivity index (χ3n) is 4.24. The van der Waals surface area contributed by atoms with Crippen LogP contribution in [0, 0.1) is 11.7 Å². The van der Waals surface area contributed by atoms with Gasteiger partial charge in [-0.15, -0.1) is 0 Å². The maximum absolute atomic E-state index is 12.9. The fraction of sp³-hybridized carbons (Fsp3) is 0.278. The van der Waals surface area contributed by atoms with Crippen LogP contribution in [0.1, 0.15) is 12.8 Å². The molecule has 120 valence electrons. The number of rotatable bonds is 3. The fourth-order valence-electron chi connectivity index (χ4n) is 2.86. The van der Waals surface area contributed by atoms with Crippen LogP contribution >= 0.6 is 0 Å². The summed E-state index contributed by atoms with van der Waals surface area (Å²) in [6.07, 6.45) is 1.61. The van der Waals surface area contributed by atoms with E-state index in [1.165, 1.54) is 12.1 Å². The number of hydrogen-bond donors (Lipinski definition) is 2. The molecule has 2 aromatic rings. The highest BCUT2D eigenvalue weighted by Gasteiger charge is 2.25. The summed E-state index contributed by atoms with van der Waals surface area (Å²) in [6.45, 7) is 1.68. The van der Waals surface area contributed by atoms with Crippen molar-refractivity contribution < 1.29 is 9.18 Å². The minimum absolute atomic E-state index is 0.00793. The van der Waals surface area contributed by atoms with Crippen LogP contribution in [-0.2, 0) is 4.79 Å². The first-order valence-electron chi connectivity index (χ1n) is 7.79. The van der Waals surface area contributed by atoms with Crippen LogP contribution in [0.2, 0.25) is 0 Å². The lowest BCUT2D eigenvalue weighted by atomic mass is 9.95. The molecule has 0 aromatic heterocycles. The van der Waals surface area contributed by atoms with Crippen LogP contribution in [0.4, 0.5) is 21.5 Å². The summed E-state index contributed by atoms with van der Waals surface area (Å²) in [7, 11) is 0. The van der Waals surface area contributed by atoms with Gasteiger partial charge < -0.3 is 16.0 Å². The minimum Gasteiger partial charge on any atom is -0.399 e. The van der Waals surface area contributed by atoms with E-state index in [1.807, 2.05) is 24.3 Å². The van der Waals surface area contributed by atoms with E-state index in [0.717, 1.165) is 37.3 Å². The third kappa shape index (κ3) is 3.80. The van der Waals surface area contributed by atoms with Crippen molar-refractivity contribution in [2.24, 2.45) is 5.92 Å². The summed E-state index contributed by atoms with van der Waals surface area (Å²) in [5.74, 6) is -0.307. The zero-order valence-electron chi connectivity index (χ0n) is 12.8. The lowest BCUT2D eigenvalue weighted by Gasteiger charge is -2.33. The molecule has 1 fully saturated rings. The van der Waals surface area contributed by atoms with Crippen LogP contribution in [0.3, 0.4) is 0 Å². The van der Waals surface area contributed by atoms with Gasteiger partial charge in [0.15, 0.2) is 0 Å². The van der Waals surface area contributed by atoms with Crippen molar-refractivity contribution >= 4 is 23.0 Å². The number of halogens is 1. The molecule has 0 spiro atoms. The van der Waals surface area contributed by atoms with Gasteiger partial charge in [0.05, 0.1) is 0 Å². The zero-order chi connectivity index (χ0) is 16.2. The summed E-state index contributed by atoms with van der Waals surface area (Å²) < 4.78 is 12.9. The molecular formula is C18H20FN3O. The quantitative estimate of drug-likeness (QED) is 0.855. The molecule has 23 heavy (non-hydrogen) atoms. The van der Waals surface area contributed by atoms with Gasteiger partial charge in [0.1, 0.15) is 5.82 Å². The molecule has 0 unspecified atom stereocenters. The first-order valence-corrected chi connectivity index (χ1v) is 7.79. The van der Waals surface area contributed by atoms with Gasteiger partial charge in [0, 0.05) is 36.1 Å². The van der Waals surface area contributed by atoms with E-state index in [-0.39, 0.29) is 17.6 Å². The average molecular weight is 313 g/mol. The highest BCUT2D eigenvalue weighted by molar-refractivity contribution is 5.92. The smallest absolute Gasteiger partial charge is 0.227 e. The van der Waals surface area contributed by atoms with Gasteiger partial charge in [-0.2, -0.15) is 0 Å². The fourth-order valence-corrected chi connectivity index (χ4v) is 2.86.